The number of anilines is 1. The minimum atomic E-state index is 0.169. The Morgan fingerprint density at radius 2 is 2.16 bits per heavy atom. The summed E-state index contributed by atoms with van der Waals surface area (Å²) in [6, 6.07) is 10.0. The minimum absolute atomic E-state index is 0.169. The molecule has 0 radical (unpaired) electrons. The molecule has 1 amide bonds. The number of hydrogen-bond donors (Lipinski definition) is 2. The summed E-state index contributed by atoms with van der Waals surface area (Å²) in [5.41, 5.74) is 1.97. The van der Waals surface area contributed by atoms with E-state index in [9.17, 15) is 4.79 Å². The van der Waals surface area contributed by atoms with Gasteiger partial charge in [0.2, 0.25) is 0 Å². The van der Waals surface area contributed by atoms with Crippen molar-refractivity contribution in [3.8, 4) is 0 Å². The molecule has 2 aromatic rings. The van der Waals surface area contributed by atoms with Crippen LogP contribution in [0.2, 0.25) is 0 Å². The second-order valence-corrected chi connectivity index (χ2v) is 6.98. The van der Waals surface area contributed by atoms with E-state index in [1.54, 1.807) is 0 Å². The van der Waals surface area contributed by atoms with E-state index in [1.807, 2.05) is 40.0 Å². The first-order valence-corrected chi connectivity index (χ1v) is 9.14. The Morgan fingerprint density at radius 3 is 3.04 bits per heavy atom. The van der Waals surface area contributed by atoms with Gasteiger partial charge in [0.25, 0.3) is 5.91 Å². The molecule has 1 saturated heterocycles. The molecule has 1 atom stereocenters. The standard InChI is InChI=1S/C19H25N5O/c25-19(23-8-1-2-9-23)17-5-3-4-15(10-17)11-20-12-16-13-21-18-6-7-22-24(18)14-16/h3-7,10,16,20-21H,1-2,8-9,11-14H2/t16-/m0/s1. The van der Waals surface area contributed by atoms with E-state index >= 15 is 0 Å². The van der Waals surface area contributed by atoms with Gasteiger partial charge < -0.3 is 15.5 Å². The van der Waals surface area contributed by atoms with Crippen LogP contribution in [-0.2, 0) is 13.1 Å². The maximum atomic E-state index is 12.5. The summed E-state index contributed by atoms with van der Waals surface area (Å²) in [6.45, 7) is 5.40. The van der Waals surface area contributed by atoms with Crippen molar-refractivity contribution >= 4 is 11.7 Å². The van der Waals surface area contributed by atoms with E-state index in [0.717, 1.165) is 69.1 Å². The average Bonchev–Trinajstić information content (AvgIpc) is 3.33. The van der Waals surface area contributed by atoms with E-state index < -0.39 is 0 Å². The van der Waals surface area contributed by atoms with Gasteiger partial charge in [-0.15, -0.1) is 0 Å². The Labute approximate surface area is 148 Å². The first-order valence-electron chi connectivity index (χ1n) is 9.14. The van der Waals surface area contributed by atoms with E-state index in [1.165, 1.54) is 0 Å². The smallest absolute Gasteiger partial charge is 0.253 e. The predicted molar refractivity (Wildman–Crippen MR) is 97.5 cm³/mol. The maximum absolute atomic E-state index is 12.5. The fourth-order valence-electron chi connectivity index (χ4n) is 3.66. The number of nitrogens with zero attached hydrogens (tertiary/aromatic N) is 3. The van der Waals surface area contributed by atoms with E-state index in [4.69, 9.17) is 0 Å². The van der Waals surface area contributed by atoms with Gasteiger partial charge in [-0.3, -0.25) is 4.79 Å². The van der Waals surface area contributed by atoms with Crippen LogP contribution < -0.4 is 10.6 Å². The second-order valence-electron chi connectivity index (χ2n) is 6.98. The SMILES string of the molecule is O=C(c1cccc(CNC[C@H]2CNc3ccnn3C2)c1)N1CCCC1. The Morgan fingerprint density at radius 1 is 1.28 bits per heavy atom. The molecule has 6 nitrogen and oxygen atoms in total. The highest BCUT2D eigenvalue weighted by Crippen LogP contribution is 2.16. The number of benzene rings is 1. The van der Waals surface area contributed by atoms with Gasteiger partial charge in [-0.2, -0.15) is 5.10 Å². The Kier molecular flexibility index (Phi) is 4.70. The van der Waals surface area contributed by atoms with Gasteiger partial charge in [0.1, 0.15) is 5.82 Å². The minimum Gasteiger partial charge on any atom is -0.370 e. The van der Waals surface area contributed by atoms with Crippen molar-refractivity contribution in [2.24, 2.45) is 5.92 Å². The molecule has 2 N–H and O–H groups in total. The molecule has 2 aliphatic heterocycles. The molecule has 0 aliphatic carbocycles. The lowest BCUT2D eigenvalue weighted by Crippen LogP contribution is -2.35. The van der Waals surface area contributed by atoms with Crippen LogP contribution >= 0.6 is 0 Å². The van der Waals surface area contributed by atoms with Crippen molar-refractivity contribution in [2.75, 3.05) is 31.5 Å². The summed E-state index contributed by atoms with van der Waals surface area (Å²) in [5, 5.41) is 11.3. The fraction of sp³-hybridized carbons (Fsp3) is 0.474. The van der Waals surface area contributed by atoms with E-state index in [2.05, 4.69) is 21.8 Å². The van der Waals surface area contributed by atoms with E-state index in [0.29, 0.717) is 5.92 Å². The second kappa shape index (κ2) is 7.27. The number of hydrogen-bond acceptors (Lipinski definition) is 4. The molecule has 0 bridgehead atoms. The summed E-state index contributed by atoms with van der Waals surface area (Å²) in [6.07, 6.45) is 4.09. The maximum Gasteiger partial charge on any atom is 0.253 e. The van der Waals surface area contributed by atoms with Crippen molar-refractivity contribution < 1.29 is 4.79 Å². The molecule has 132 valence electrons. The lowest BCUT2D eigenvalue weighted by molar-refractivity contribution is 0.0792. The summed E-state index contributed by atoms with van der Waals surface area (Å²) in [4.78, 5) is 14.5. The lowest BCUT2D eigenvalue weighted by atomic mass is 10.1. The van der Waals surface area contributed by atoms with Gasteiger partial charge in [-0.25, -0.2) is 4.68 Å². The highest BCUT2D eigenvalue weighted by molar-refractivity contribution is 5.94. The first-order chi connectivity index (χ1) is 12.3. The lowest BCUT2D eigenvalue weighted by Gasteiger charge is -2.25. The van der Waals surface area contributed by atoms with Crippen molar-refractivity contribution in [3.63, 3.8) is 0 Å². The molecule has 2 aliphatic rings. The third kappa shape index (κ3) is 3.69. The van der Waals surface area contributed by atoms with Crippen LogP contribution in [0.4, 0.5) is 5.82 Å². The zero-order valence-corrected chi connectivity index (χ0v) is 14.4. The number of carbonyl (C=O) groups is 1. The topological polar surface area (TPSA) is 62.2 Å². The molecular formula is C19H25N5O. The van der Waals surface area contributed by atoms with Gasteiger partial charge in [0.15, 0.2) is 0 Å². The first kappa shape index (κ1) is 16.1. The van der Waals surface area contributed by atoms with Crippen molar-refractivity contribution in [1.29, 1.82) is 0 Å². The highest BCUT2D eigenvalue weighted by Gasteiger charge is 2.20. The van der Waals surface area contributed by atoms with Crippen LogP contribution in [0.5, 0.6) is 0 Å². The molecule has 0 saturated carbocycles. The number of rotatable bonds is 5. The van der Waals surface area contributed by atoms with Crippen LogP contribution in [0.3, 0.4) is 0 Å². The Balaban J connectivity index is 1.30. The molecule has 0 unspecified atom stereocenters. The third-order valence-corrected chi connectivity index (χ3v) is 5.05. The summed E-state index contributed by atoms with van der Waals surface area (Å²) < 4.78 is 2.02. The number of likely N-dealkylation sites (tertiary alicyclic amines) is 1. The summed E-state index contributed by atoms with van der Waals surface area (Å²) in [5.74, 6) is 1.79. The van der Waals surface area contributed by atoms with Gasteiger partial charge in [0, 0.05) is 56.8 Å². The highest BCUT2D eigenvalue weighted by atomic mass is 16.2. The number of amides is 1. The quantitative estimate of drug-likeness (QED) is 0.874. The molecule has 4 rings (SSSR count). The third-order valence-electron chi connectivity index (χ3n) is 5.05. The molecule has 25 heavy (non-hydrogen) atoms. The number of fused-ring (bicyclic) bond motifs is 1. The van der Waals surface area contributed by atoms with Crippen LogP contribution in [0.25, 0.3) is 0 Å². The van der Waals surface area contributed by atoms with Gasteiger partial charge in [0.05, 0.1) is 6.20 Å². The van der Waals surface area contributed by atoms with Crippen LogP contribution in [0, 0.1) is 5.92 Å². The molecule has 1 aromatic heterocycles. The average molecular weight is 339 g/mol. The number of aromatic nitrogens is 2. The van der Waals surface area contributed by atoms with Crippen LogP contribution in [0.15, 0.2) is 36.5 Å². The molecular weight excluding hydrogens is 314 g/mol. The zero-order chi connectivity index (χ0) is 17.1. The summed E-state index contributed by atoms with van der Waals surface area (Å²) >= 11 is 0. The number of carbonyl (C=O) groups excluding carboxylic acids is 1. The Hall–Kier alpha value is -2.34. The fourth-order valence-corrected chi connectivity index (χ4v) is 3.66. The van der Waals surface area contributed by atoms with E-state index in [-0.39, 0.29) is 5.91 Å². The molecule has 1 fully saturated rings. The molecule has 3 heterocycles. The normalized spacial score (nSPS) is 19.5. The van der Waals surface area contributed by atoms with Crippen molar-refractivity contribution in [1.82, 2.24) is 20.0 Å². The number of nitrogens with one attached hydrogen (secondary N) is 2. The molecule has 6 heteroatoms. The zero-order valence-electron chi connectivity index (χ0n) is 14.4. The van der Waals surface area contributed by atoms with Gasteiger partial charge >= 0.3 is 0 Å². The van der Waals surface area contributed by atoms with Crippen molar-refractivity contribution in [2.45, 2.75) is 25.9 Å². The van der Waals surface area contributed by atoms with Crippen molar-refractivity contribution in [3.05, 3.63) is 47.7 Å². The van der Waals surface area contributed by atoms with Gasteiger partial charge in [-0.05, 0) is 30.5 Å². The monoisotopic (exact) mass is 339 g/mol. The summed E-state index contributed by atoms with van der Waals surface area (Å²) in [7, 11) is 0. The predicted octanol–water partition coefficient (Wildman–Crippen LogP) is 1.95. The van der Waals surface area contributed by atoms with Gasteiger partial charge in [-0.1, -0.05) is 12.1 Å². The largest absolute Gasteiger partial charge is 0.370 e. The van der Waals surface area contributed by atoms with Crippen LogP contribution in [0.1, 0.15) is 28.8 Å². The molecule has 1 aromatic carbocycles. The van der Waals surface area contributed by atoms with Crippen LogP contribution in [-0.4, -0.2) is 46.8 Å². The Bertz CT molecular complexity index is 735. The molecule has 0 spiro atoms.